The van der Waals surface area contributed by atoms with E-state index in [-0.39, 0.29) is 22.8 Å². The summed E-state index contributed by atoms with van der Waals surface area (Å²) in [5.74, 6) is -0.968. The number of hydrogen-bond acceptors (Lipinski definition) is 15. The normalized spacial score (nSPS) is 13.3. The first-order valence-electron chi connectivity index (χ1n) is 15.5. The lowest BCUT2D eigenvalue weighted by molar-refractivity contribution is -0.384. The highest BCUT2D eigenvalue weighted by atomic mass is 32.2. The highest BCUT2D eigenvalue weighted by molar-refractivity contribution is 7.86. The fourth-order valence-corrected chi connectivity index (χ4v) is 6.17. The van der Waals surface area contributed by atoms with Crippen molar-refractivity contribution < 1.29 is 36.0 Å². The molecule has 0 saturated carbocycles. The molecule has 21 heteroatoms. The van der Waals surface area contributed by atoms with Crippen LogP contribution in [0.15, 0.2) is 172 Å². The molecular weight excluding hydrogens is 757 g/mol. The molecule has 0 radical (unpaired) electrons. The number of nitrogens with zero attached hydrogens (tertiary/aromatic N) is 9. The SMILES string of the molecule is O=[N+]([O-])c1ccc(N=Nc2c(S(=O)(=O)O)cc3cc(S(=O)(=O)O)c(N=Nc4ccccc4)c(O)c3c2N=NN=C2C=CC(=NNc3ccccc3)C=C2)cc1. The highest BCUT2D eigenvalue weighted by Crippen LogP contribution is 2.50. The summed E-state index contributed by atoms with van der Waals surface area (Å²) >= 11 is 0. The van der Waals surface area contributed by atoms with E-state index in [1.165, 1.54) is 36.4 Å². The van der Waals surface area contributed by atoms with Gasteiger partial charge in [-0.2, -0.15) is 32.2 Å². The van der Waals surface area contributed by atoms with Gasteiger partial charge in [0.25, 0.3) is 25.9 Å². The van der Waals surface area contributed by atoms with E-state index in [1.807, 2.05) is 30.3 Å². The maximum atomic E-state index is 12.8. The van der Waals surface area contributed by atoms with E-state index in [1.54, 1.807) is 30.4 Å². The lowest BCUT2D eigenvalue weighted by atomic mass is 10.0. The van der Waals surface area contributed by atoms with Crippen LogP contribution in [0.4, 0.5) is 39.8 Å². The van der Waals surface area contributed by atoms with Gasteiger partial charge in [-0.1, -0.05) is 36.4 Å². The maximum Gasteiger partial charge on any atom is 0.296 e. The van der Waals surface area contributed by atoms with E-state index in [4.69, 9.17) is 0 Å². The van der Waals surface area contributed by atoms with Gasteiger partial charge in [-0.25, -0.2) is 0 Å². The summed E-state index contributed by atoms with van der Waals surface area (Å²) in [5.41, 5.74) is 2.28. The number of azo groups is 2. The number of nitro benzene ring substituents is 1. The van der Waals surface area contributed by atoms with Gasteiger partial charge < -0.3 is 5.11 Å². The summed E-state index contributed by atoms with van der Waals surface area (Å²) in [6.07, 6.45) is 6.28. The molecule has 0 amide bonds. The third-order valence-electron chi connectivity index (χ3n) is 7.40. The molecule has 5 aromatic rings. The number of para-hydroxylation sites is 1. The smallest absolute Gasteiger partial charge is 0.296 e. The maximum absolute atomic E-state index is 12.8. The highest BCUT2D eigenvalue weighted by Gasteiger charge is 2.29. The second-order valence-corrected chi connectivity index (χ2v) is 13.9. The van der Waals surface area contributed by atoms with Crippen molar-refractivity contribution in [3.05, 3.63) is 131 Å². The van der Waals surface area contributed by atoms with Crippen LogP contribution in [-0.4, -0.2) is 47.4 Å². The van der Waals surface area contributed by atoms with Gasteiger partial charge in [-0.05, 0) is 83.4 Å². The molecule has 0 unspecified atom stereocenters. The summed E-state index contributed by atoms with van der Waals surface area (Å²) in [5, 5.41) is 53.7. The Balaban J connectivity index is 1.53. The molecule has 1 aliphatic rings. The Hall–Kier alpha value is -7.20. The molecule has 0 spiro atoms. The van der Waals surface area contributed by atoms with Crippen molar-refractivity contribution in [2.45, 2.75) is 9.79 Å². The predicted molar refractivity (Wildman–Crippen MR) is 201 cm³/mol. The molecule has 0 fully saturated rings. The molecular formula is C34H24N10O9S2. The molecule has 0 aliphatic heterocycles. The topological polar surface area (TPSA) is 283 Å². The second kappa shape index (κ2) is 15.8. The lowest BCUT2D eigenvalue weighted by Crippen LogP contribution is -2.02. The quantitative estimate of drug-likeness (QED) is 0.0324. The van der Waals surface area contributed by atoms with Crippen molar-refractivity contribution >= 4 is 82.2 Å². The van der Waals surface area contributed by atoms with Crippen molar-refractivity contribution in [2.75, 3.05) is 5.43 Å². The number of non-ortho nitro benzene ring substituents is 1. The van der Waals surface area contributed by atoms with Crippen molar-refractivity contribution in [3.8, 4) is 5.75 Å². The molecule has 19 nitrogen and oxygen atoms in total. The number of rotatable bonds is 11. The number of phenolic OH excluding ortho intramolecular Hbond substituents is 1. The lowest BCUT2D eigenvalue weighted by Gasteiger charge is -2.13. The average molecular weight is 781 g/mol. The number of nitro groups is 1. The fourth-order valence-electron chi connectivity index (χ4n) is 4.85. The van der Waals surface area contributed by atoms with Crippen LogP contribution in [0.5, 0.6) is 5.75 Å². The van der Waals surface area contributed by atoms with Crippen molar-refractivity contribution in [3.63, 3.8) is 0 Å². The van der Waals surface area contributed by atoms with Crippen molar-refractivity contribution in [1.82, 2.24) is 0 Å². The number of aromatic hydroxyl groups is 1. The van der Waals surface area contributed by atoms with Gasteiger partial charge in [-0.15, -0.1) is 20.4 Å². The van der Waals surface area contributed by atoms with Crippen molar-refractivity contribution in [1.29, 1.82) is 0 Å². The summed E-state index contributed by atoms with van der Waals surface area (Å²) in [6.45, 7) is 0. The number of allylic oxidation sites excluding steroid dienone is 4. The fraction of sp³-hybridized carbons (Fsp3) is 0. The van der Waals surface area contributed by atoms with Gasteiger partial charge in [0.05, 0.1) is 38.8 Å². The number of benzene rings is 5. The third kappa shape index (κ3) is 9.06. The minimum Gasteiger partial charge on any atom is -0.505 e. The van der Waals surface area contributed by atoms with Crippen LogP contribution < -0.4 is 5.43 Å². The van der Waals surface area contributed by atoms with Crippen LogP contribution in [0.1, 0.15) is 0 Å². The monoisotopic (exact) mass is 780 g/mol. The molecule has 5 aromatic carbocycles. The zero-order valence-electron chi connectivity index (χ0n) is 27.7. The molecule has 1 aliphatic carbocycles. The molecule has 276 valence electrons. The van der Waals surface area contributed by atoms with Gasteiger partial charge in [0.15, 0.2) is 5.75 Å². The number of fused-ring (bicyclic) bond motifs is 1. The van der Waals surface area contributed by atoms with Gasteiger partial charge in [0, 0.05) is 12.1 Å². The van der Waals surface area contributed by atoms with Crippen LogP contribution in [0.2, 0.25) is 0 Å². The number of anilines is 1. The van der Waals surface area contributed by atoms with Crippen LogP contribution in [0, 0.1) is 10.1 Å². The largest absolute Gasteiger partial charge is 0.505 e. The molecule has 0 aromatic heterocycles. The third-order valence-corrected chi connectivity index (χ3v) is 9.13. The summed E-state index contributed by atoms with van der Waals surface area (Å²) in [4.78, 5) is 8.52. The molecule has 0 atom stereocenters. The summed E-state index contributed by atoms with van der Waals surface area (Å²) < 4.78 is 70.9. The van der Waals surface area contributed by atoms with Crippen molar-refractivity contribution in [2.24, 2.45) is 41.0 Å². The minimum absolute atomic E-state index is 0.00453. The van der Waals surface area contributed by atoms with Crippen LogP contribution in [0.3, 0.4) is 0 Å². The average Bonchev–Trinajstić information content (AvgIpc) is 3.16. The van der Waals surface area contributed by atoms with E-state index in [0.29, 0.717) is 5.71 Å². The Morgan fingerprint density at radius 1 is 0.618 bits per heavy atom. The molecule has 0 saturated heterocycles. The Kier molecular flexibility index (Phi) is 10.8. The van der Waals surface area contributed by atoms with Gasteiger partial charge in [-0.3, -0.25) is 24.6 Å². The zero-order chi connectivity index (χ0) is 39.2. The molecule has 0 bridgehead atoms. The van der Waals surface area contributed by atoms with Crippen LogP contribution in [0.25, 0.3) is 10.8 Å². The predicted octanol–water partition coefficient (Wildman–Crippen LogP) is 8.81. The Bertz CT molecular complexity index is 2740. The summed E-state index contributed by atoms with van der Waals surface area (Å²) in [7, 11) is -10.4. The molecule has 55 heavy (non-hydrogen) atoms. The first-order valence-corrected chi connectivity index (χ1v) is 18.3. The van der Waals surface area contributed by atoms with Crippen LogP contribution >= 0.6 is 0 Å². The Labute approximate surface area is 310 Å². The zero-order valence-corrected chi connectivity index (χ0v) is 29.3. The first-order chi connectivity index (χ1) is 26.3. The number of nitrogens with one attached hydrogen (secondary N) is 1. The number of phenols is 1. The number of hydrogen-bond donors (Lipinski definition) is 4. The molecule has 4 N–H and O–H groups in total. The van der Waals surface area contributed by atoms with Gasteiger partial charge in [0.1, 0.15) is 26.9 Å². The van der Waals surface area contributed by atoms with E-state index < -0.39 is 68.5 Å². The van der Waals surface area contributed by atoms with E-state index in [9.17, 15) is 41.2 Å². The Morgan fingerprint density at radius 2 is 1.15 bits per heavy atom. The minimum atomic E-state index is -5.22. The van der Waals surface area contributed by atoms with E-state index in [2.05, 4.69) is 46.4 Å². The first kappa shape index (κ1) is 37.6. The van der Waals surface area contributed by atoms with Crippen LogP contribution in [-0.2, 0) is 20.2 Å². The van der Waals surface area contributed by atoms with E-state index in [0.717, 1.165) is 30.0 Å². The Morgan fingerprint density at radius 3 is 1.73 bits per heavy atom. The molecule has 0 heterocycles. The van der Waals surface area contributed by atoms with Gasteiger partial charge in [0.2, 0.25) is 0 Å². The molecule has 6 rings (SSSR count). The summed E-state index contributed by atoms with van der Waals surface area (Å²) in [6, 6.07) is 23.3. The van der Waals surface area contributed by atoms with Gasteiger partial charge >= 0.3 is 0 Å². The standard InChI is InChI=1S/C34H24N10O9S2/c45-34-30-21(20-29(55(51,52)53)32(34)41-37-23-9-5-2-6-10-23)19-28(54(48,49)50)31(40-38-25-15-17-27(18-16-25)44(46)47)33(30)42-43-39-26-13-11-24(12-14-26)36-35-22-7-3-1-4-8-22/h1-20,35,45H,(H,48,49,50)(H,51,52,53). The van der Waals surface area contributed by atoms with E-state index >= 15 is 0 Å². The second-order valence-electron chi connectivity index (χ2n) is 11.1. The number of hydrazone groups is 1.